The van der Waals surface area contributed by atoms with Crippen LogP contribution in [0.25, 0.3) is 0 Å². The van der Waals surface area contributed by atoms with Crippen molar-refractivity contribution in [2.75, 3.05) is 0 Å². The second-order valence-corrected chi connectivity index (χ2v) is 11.9. The molecule has 3 saturated carbocycles. The average molecular weight is 412 g/mol. The molecule has 3 nitrogen and oxygen atoms in total. The molecule has 0 aromatic heterocycles. The molecule has 0 aromatic carbocycles. The molecule has 9 atom stereocenters. The number of fused-ring (bicyclic) bond motifs is 5. The van der Waals surface area contributed by atoms with E-state index in [0.29, 0.717) is 48.3 Å². The summed E-state index contributed by atoms with van der Waals surface area (Å²) in [6, 6.07) is 2.34. The van der Waals surface area contributed by atoms with Gasteiger partial charge >= 0.3 is 0 Å². The number of carbonyl (C=O) groups is 1. The maximum absolute atomic E-state index is 12.4. The Balaban J connectivity index is 1.71. The van der Waals surface area contributed by atoms with Crippen LogP contribution in [0.1, 0.15) is 86.0 Å². The quantitative estimate of drug-likeness (QED) is 0.624. The second kappa shape index (κ2) is 7.77. The number of carbonyl (C=O) groups excluding carboxylic acids is 1. The molecule has 0 spiro atoms. The molecular weight excluding hydrogens is 370 g/mol. The molecule has 30 heavy (non-hydrogen) atoms. The summed E-state index contributed by atoms with van der Waals surface area (Å²) in [6.07, 6.45) is 9.74. The van der Waals surface area contributed by atoms with E-state index in [-0.39, 0.29) is 28.6 Å². The van der Waals surface area contributed by atoms with Gasteiger partial charge in [-0.15, -0.1) is 0 Å². The summed E-state index contributed by atoms with van der Waals surface area (Å²) >= 11 is 0. The topological polar surface area (TPSA) is 61.1 Å². The molecule has 166 valence electrons. The van der Waals surface area contributed by atoms with Crippen LogP contribution in [0.2, 0.25) is 0 Å². The number of aliphatic hydroxyl groups is 1. The van der Waals surface area contributed by atoms with Crippen LogP contribution in [0.15, 0.2) is 11.6 Å². The molecule has 4 aliphatic carbocycles. The van der Waals surface area contributed by atoms with Gasteiger partial charge in [-0.2, -0.15) is 5.26 Å². The number of ketones is 1. The normalized spacial score (nSPS) is 46.5. The van der Waals surface area contributed by atoms with E-state index in [0.717, 1.165) is 12.8 Å². The highest BCUT2D eigenvalue weighted by Gasteiger charge is 2.63. The van der Waals surface area contributed by atoms with Crippen LogP contribution in [0, 0.1) is 63.6 Å². The Kier molecular flexibility index (Phi) is 5.72. The third kappa shape index (κ3) is 3.12. The molecule has 0 aliphatic heterocycles. The molecule has 0 amide bonds. The lowest BCUT2D eigenvalue weighted by atomic mass is 9.43. The van der Waals surface area contributed by atoms with Crippen molar-refractivity contribution >= 4 is 5.78 Å². The molecule has 4 aliphatic rings. The van der Waals surface area contributed by atoms with Crippen LogP contribution in [0.5, 0.6) is 0 Å². The minimum atomic E-state index is -0.335. The zero-order chi connectivity index (χ0) is 21.8. The largest absolute Gasteiger partial charge is 0.392 e. The van der Waals surface area contributed by atoms with E-state index < -0.39 is 0 Å². The lowest BCUT2D eigenvalue weighted by molar-refractivity contribution is -0.141. The zero-order valence-electron chi connectivity index (χ0n) is 19.7. The molecule has 0 radical (unpaired) electrons. The predicted octanol–water partition coefficient (Wildman–Crippen LogP) is 5.93. The van der Waals surface area contributed by atoms with E-state index in [2.05, 4.69) is 40.7 Å². The van der Waals surface area contributed by atoms with Gasteiger partial charge in [-0.25, -0.2) is 0 Å². The van der Waals surface area contributed by atoms with Gasteiger partial charge in [0.1, 0.15) is 0 Å². The lowest BCUT2D eigenvalue weighted by Crippen LogP contribution is -2.59. The van der Waals surface area contributed by atoms with E-state index in [1.807, 2.05) is 6.08 Å². The van der Waals surface area contributed by atoms with Crippen molar-refractivity contribution in [2.45, 2.75) is 92.1 Å². The van der Waals surface area contributed by atoms with E-state index in [9.17, 15) is 9.90 Å². The van der Waals surface area contributed by atoms with Gasteiger partial charge in [0.2, 0.25) is 0 Å². The van der Waals surface area contributed by atoms with Gasteiger partial charge in [0, 0.05) is 18.8 Å². The monoisotopic (exact) mass is 411 g/mol. The van der Waals surface area contributed by atoms with Crippen LogP contribution in [-0.2, 0) is 4.79 Å². The van der Waals surface area contributed by atoms with Gasteiger partial charge in [-0.3, -0.25) is 4.79 Å². The first kappa shape index (κ1) is 22.1. The zero-order valence-corrected chi connectivity index (χ0v) is 19.7. The summed E-state index contributed by atoms with van der Waals surface area (Å²) in [4.78, 5) is 12.4. The van der Waals surface area contributed by atoms with E-state index in [4.69, 9.17) is 5.26 Å². The van der Waals surface area contributed by atoms with Crippen molar-refractivity contribution in [1.82, 2.24) is 0 Å². The number of nitrogens with zero attached hydrogens (tertiary/aromatic N) is 1. The first-order valence-corrected chi connectivity index (χ1v) is 12.4. The highest BCUT2D eigenvalue weighted by Crippen LogP contribution is 2.69. The van der Waals surface area contributed by atoms with Crippen molar-refractivity contribution in [3.63, 3.8) is 0 Å². The first-order valence-electron chi connectivity index (χ1n) is 12.4. The van der Waals surface area contributed by atoms with Crippen LogP contribution in [0.4, 0.5) is 0 Å². The van der Waals surface area contributed by atoms with Crippen molar-refractivity contribution in [1.29, 1.82) is 5.26 Å². The Morgan fingerprint density at radius 3 is 2.57 bits per heavy atom. The standard InChI is InChI=1S/C27H41NO2/c1-16(2)23-22-15-18(29)10-12-27(22,5)21-11-13-26(4)19(17(3)7-6-14-28)8-9-20(26)24(21)25(23)30/h15-17,19-21,23-25,30H,6-13H2,1-5H3/t17-,19?,20?,21?,23+,24?,25-,26-,27-/m1/s1. The van der Waals surface area contributed by atoms with Crippen LogP contribution in [0.3, 0.4) is 0 Å². The van der Waals surface area contributed by atoms with Crippen molar-refractivity contribution in [3.8, 4) is 6.07 Å². The average Bonchev–Trinajstić information content (AvgIpc) is 3.04. The van der Waals surface area contributed by atoms with Gasteiger partial charge in [-0.1, -0.05) is 40.2 Å². The molecular formula is C27H41NO2. The molecule has 0 heterocycles. The fraction of sp³-hybridized carbons (Fsp3) is 0.852. The minimum Gasteiger partial charge on any atom is -0.392 e. The maximum atomic E-state index is 12.4. The summed E-state index contributed by atoms with van der Waals surface area (Å²) in [5.74, 6) is 3.36. The molecule has 3 heteroatoms. The number of aliphatic hydroxyl groups excluding tert-OH is 1. The summed E-state index contributed by atoms with van der Waals surface area (Å²) < 4.78 is 0. The van der Waals surface area contributed by atoms with Crippen LogP contribution >= 0.6 is 0 Å². The summed E-state index contributed by atoms with van der Waals surface area (Å²) in [6.45, 7) is 11.7. The van der Waals surface area contributed by atoms with Gasteiger partial charge < -0.3 is 5.11 Å². The molecule has 0 bridgehead atoms. The number of rotatable bonds is 4. The Hall–Kier alpha value is -1.14. The first-order chi connectivity index (χ1) is 14.1. The molecule has 4 rings (SSSR count). The Labute approximate surface area is 183 Å². The fourth-order valence-electron chi connectivity index (χ4n) is 8.87. The van der Waals surface area contributed by atoms with Gasteiger partial charge in [0.05, 0.1) is 12.2 Å². The Bertz CT molecular complexity index is 763. The maximum Gasteiger partial charge on any atom is 0.155 e. The highest BCUT2D eigenvalue weighted by molar-refractivity contribution is 5.91. The van der Waals surface area contributed by atoms with Gasteiger partial charge in [0.15, 0.2) is 5.78 Å². The van der Waals surface area contributed by atoms with Gasteiger partial charge in [-0.05, 0) is 90.9 Å². The van der Waals surface area contributed by atoms with Crippen LogP contribution < -0.4 is 0 Å². The minimum absolute atomic E-state index is 0.0680. The molecule has 0 aromatic rings. The number of nitriles is 1. The summed E-state index contributed by atoms with van der Waals surface area (Å²) in [5.41, 5.74) is 1.61. The van der Waals surface area contributed by atoms with Crippen molar-refractivity contribution in [3.05, 3.63) is 11.6 Å². The molecule has 4 unspecified atom stereocenters. The number of hydrogen-bond acceptors (Lipinski definition) is 3. The smallest absolute Gasteiger partial charge is 0.155 e. The Morgan fingerprint density at radius 2 is 1.90 bits per heavy atom. The van der Waals surface area contributed by atoms with Crippen LogP contribution in [-0.4, -0.2) is 17.0 Å². The Morgan fingerprint density at radius 1 is 1.17 bits per heavy atom. The molecule has 0 saturated heterocycles. The molecule has 3 fully saturated rings. The third-order valence-electron chi connectivity index (χ3n) is 10.3. The van der Waals surface area contributed by atoms with E-state index in [1.165, 1.54) is 31.3 Å². The lowest BCUT2D eigenvalue weighted by Gasteiger charge is -2.62. The fourth-order valence-corrected chi connectivity index (χ4v) is 8.87. The van der Waals surface area contributed by atoms with Gasteiger partial charge in [0.25, 0.3) is 0 Å². The predicted molar refractivity (Wildman–Crippen MR) is 119 cm³/mol. The third-order valence-corrected chi connectivity index (χ3v) is 10.3. The summed E-state index contributed by atoms with van der Waals surface area (Å²) in [7, 11) is 0. The SMILES string of the molecule is CC(C)[C@H]1C2=CC(=O)CC[C@]2(C)C2CC[C@@]3(C)C(CCC3[C@H](C)CCC#N)C2[C@@H]1O. The van der Waals surface area contributed by atoms with Crippen molar-refractivity contribution in [2.24, 2.45) is 52.3 Å². The second-order valence-electron chi connectivity index (χ2n) is 11.9. The van der Waals surface area contributed by atoms with Crippen molar-refractivity contribution < 1.29 is 9.90 Å². The van der Waals surface area contributed by atoms with E-state index in [1.54, 1.807) is 0 Å². The highest BCUT2D eigenvalue weighted by atomic mass is 16.3. The summed E-state index contributed by atoms with van der Waals surface area (Å²) in [5, 5.41) is 20.9. The number of hydrogen-bond donors (Lipinski definition) is 1. The van der Waals surface area contributed by atoms with E-state index >= 15 is 0 Å². The molecule has 1 N–H and O–H groups in total.